The van der Waals surface area contributed by atoms with E-state index in [2.05, 4.69) is 4.98 Å². The third-order valence-electron chi connectivity index (χ3n) is 1.13. The van der Waals surface area contributed by atoms with Crippen LogP contribution in [0.2, 0.25) is 0 Å². The molecule has 0 bridgehead atoms. The lowest BCUT2D eigenvalue weighted by Gasteiger charge is -1.93. The molecule has 0 atom stereocenters. The Morgan fingerprint density at radius 2 is 2.30 bits per heavy atom. The van der Waals surface area contributed by atoms with Crippen LogP contribution in [-0.4, -0.2) is 15.2 Å². The minimum atomic E-state index is -0.544. The molecule has 1 aromatic heterocycles. The number of pyridine rings is 1. The standard InChI is InChI=1S/C6H7NO3/c8-3-4-1-5(9)6(10)7-2-4/h1-2,8-9H,3H2,(H,7,10). The van der Waals surface area contributed by atoms with E-state index in [0.717, 1.165) is 0 Å². The zero-order chi connectivity index (χ0) is 7.56. The maximum atomic E-state index is 10.5. The van der Waals surface area contributed by atoms with Gasteiger partial charge in [-0.15, -0.1) is 0 Å². The number of H-pyrrole nitrogens is 1. The van der Waals surface area contributed by atoms with Gasteiger partial charge in [0.15, 0.2) is 5.75 Å². The van der Waals surface area contributed by atoms with Gasteiger partial charge in [-0.05, 0) is 11.6 Å². The molecule has 0 fully saturated rings. The molecule has 1 aromatic rings. The Hall–Kier alpha value is -1.29. The number of aromatic amines is 1. The second-order valence-corrected chi connectivity index (χ2v) is 1.88. The Labute approximate surface area is 56.8 Å². The van der Waals surface area contributed by atoms with Gasteiger partial charge in [-0.3, -0.25) is 4.79 Å². The Bertz CT molecular complexity index is 279. The molecule has 4 nitrogen and oxygen atoms in total. The first-order valence-corrected chi connectivity index (χ1v) is 2.75. The fraction of sp³-hybridized carbons (Fsp3) is 0.167. The predicted octanol–water partition coefficient (Wildman–Crippen LogP) is -0.427. The van der Waals surface area contributed by atoms with Crippen molar-refractivity contribution in [3.8, 4) is 5.75 Å². The van der Waals surface area contributed by atoms with Gasteiger partial charge in [-0.2, -0.15) is 0 Å². The normalized spacial score (nSPS) is 9.70. The van der Waals surface area contributed by atoms with Gasteiger partial charge in [0.2, 0.25) is 0 Å². The summed E-state index contributed by atoms with van der Waals surface area (Å²) in [6.07, 6.45) is 1.35. The number of hydrogen-bond acceptors (Lipinski definition) is 3. The van der Waals surface area contributed by atoms with Crippen LogP contribution < -0.4 is 5.56 Å². The van der Waals surface area contributed by atoms with E-state index in [1.54, 1.807) is 0 Å². The monoisotopic (exact) mass is 141 g/mol. The maximum Gasteiger partial charge on any atom is 0.290 e. The average molecular weight is 141 g/mol. The SMILES string of the molecule is O=c1[nH]cc(CO)cc1O. The van der Waals surface area contributed by atoms with Gasteiger partial charge in [-0.25, -0.2) is 0 Å². The van der Waals surface area contributed by atoms with Crippen molar-refractivity contribution in [2.45, 2.75) is 6.61 Å². The molecule has 0 aromatic carbocycles. The molecular weight excluding hydrogens is 134 g/mol. The zero-order valence-electron chi connectivity index (χ0n) is 5.16. The van der Waals surface area contributed by atoms with Gasteiger partial charge < -0.3 is 15.2 Å². The van der Waals surface area contributed by atoms with Crippen molar-refractivity contribution in [3.63, 3.8) is 0 Å². The van der Waals surface area contributed by atoms with Crippen molar-refractivity contribution in [2.75, 3.05) is 0 Å². The Morgan fingerprint density at radius 3 is 2.80 bits per heavy atom. The molecule has 0 aliphatic heterocycles. The van der Waals surface area contributed by atoms with E-state index in [-0.39, 0.29) is 12.4 Å². The summed E-state index contributed by atoms with van der Waals surface area (Å²) in [6, 6.07) is 1.22. The lowest BCUT2D eigenvalue weighted by molar-refractivity contribution is 0.280. The van der Waals surface area contributed by atoms with Crippen molar-refractivity contribution < 1.29 is 10.2 Å². The van der Waals surface area contributed by atoms with Crippen LogP contribution in [0.15, 0.2) is 17.1 Å². The number of aromatic nitrogens is 1. The fourth-order valence-corrected chi connectivity index (χ4v) is 0.606. The average Bonchev–Trinajstić information content (AvgIpc) is 1.95. The first-order valence-electron chi connectivity index (χ1n) is 2.75. The maximum absolute atomic E-state index is 10.5. The number of aliphatic hydroxyl groups excluding tert-OH is 1. The van der Waals surface area contributed by atoms with Gasteiger partial charge in [0.1, 0.15) is 0 Å². The molecule has 0 saturated carbocycles. The zero-order valence-corrected chi connectivity index (χ0v) is 5.16. The van der Waals surface area contributed by atoms with Crippen LogP contribution in [-0.2, 0) is 6.61 Å². The van der Waals surface area contributed by atoms with Crippen LogP contribution in [0.25, 0.3) is 0 Å². The lowest BCUT2D eigenvalue weighted by atomic mass is 10.3. The summed E-state index contributed by atoms with van der Waals surface area (Å²) in [4.78, 5) is 12.8. The van der Waals surface area contributed by atoms with Crippen LogP contribution in [0, 0.1) is 0 Å². The molecule has 4 heteroatoms. The number of aromatic hydroxyl groups is 1. The molecule has 0 saturated heterocycles. The highest BCUT2D eigenvalue weighted by atomic mass is 16.3. The molecule has 0 radical (unpaired) electrons. The number of nitrogens with one attached hydrogen (secondary N) is 1. The van der Waals surface area contributed by atoms with Crippen molar-refractivity contribution in [2.24, 2.45) is 0 Å². The molecule has 1 heterocycles. The quantitative estimate of drug-likeness (QED) is 0.497. The summed E-state index contributed by atoms with van der Waals surface area (Å²) in [7, 11) is 0. The van der Waals surface area contributed by atoms with Gasteiger partial charge in [-0.1, -0.05) is 0 Å². The number of hydrogen-bond donors (Lipinski definition) is 3. The van der Waals surface area contributed by atoms with Crippen LogP contribution >= 0.6 is 0 Å². The van der Waals surface area contributed by atoms with Gasteiger partial charge >= 0.3 is 0 Å². The highest BCUT2D eigenvalue weighted by Gasteiger charge is 1.95. The molecule has 3 N–H and O–H groups in total. The van der Waals surface area contributed by atoms with Crippen molar-refractivity contribution >= 4 is 0 Å². The summed E-state index contributed by atoms with van der Waals surface area (Å²) in [5.41, 5.74) is -0.0608. The van der Waals surface area contributed by atoms with Crippen molar-refractivity contribution in [1.82, 2.24) is 4.98 Å². The largest absolute Gasteiger partial charge is 0.503 e. The minimum absolute atomic E-state index is 0.190. The summed E-state index contributed by atoms with van der Waals surface area (Å²) in [5, 5.41) is 17.3. The highest BCUT2D eigenvalue weighted by molar-refractivity contribution is 5.21. The number of aliphatic hydroxyl groups is 1. The summed E-state index contributed by atoms with van der Waals surface area (Å²) >= 11 is 0. The predicted molar refractivity (Wildman–Crippen MR) is 34.7 cm³/mol. The van der Waals surface area contributed by atoms with Crippen molar-refractivity contribution in [1.29, 1.82) is 0 Å². The van der Waals surface area contributed by atoms with E-state index in [1.807, 2.05) is 0 Å². The molecular formula is C6H7NO3. The summed E-state index contributed by atoms with van der Waals surface area (Å²) in [5.74, 6) is -0.369. The van der Waals surface area contributed by atoms with Crippen LogP contribution in [0.3, 0.4) is 0 Å². The molecule has 10 heavy (non-hydrogen) atoms. The van der Waals surface area contributed by atoms with E-state index in [0.29, 0.717) is 5.56 Å². The third kappa shape index (κ3) is 1.16. The molecule has 0 unspecified atom stereocenters. The van der Waals surface area contributed by atoms with E-state index in [9.17, 15) is 4.79 Å². The molecule has 54 valence electrons. The first-order chi connectivity index (χ1) is 4.74. The van der Waals surface area contributed by atoms with Gasteiger partial charge in [0, 0.05) is 6.20 Å². The number of rotatable bonds is 1. The second-order valence-electron chi connectivity index (χ2n) is 1.88. The van der Waals surface area contributed by atoms with Gasteiger partial charge in [0.05, 0.1) is 6.61 Å². The summed E-state index contributed by atoms with van der Waals surface area (Å²) in [6.45, 7) is -0.190. The molecule has 0 amide bonds. The highest BCUT2D eigenvalue weighted by Crippen LogP contribution is 2.01. The van der Waals surface area contributed by atoms with E-state index >= 15 is 0 Å². The topological polar surface area (TPSA) is 73.3 Å². The van der Waals surface area contributed by atoms with Gasteiger partial charge in [0.25, 0.3) is 5.56 Å². The third-order valence-corrected chi connectivity index (χ3v) is 1.13. The smallest absolute Gasteiger partial charge is 0.290 e. The Kier molecular flexibility index (Phi) is 1.73. The van der Waals surface area contributed by atoms with E-state index in [1.165, 1.54) is 12.3 Å². The Morgan fingerprint density at radius 1 is 1.60 bits per heavy atom. The second kappa shape index (κ2) is 2.53. The first kappa shape index (κ1) is 6.82. The molecule has 1 rings (SSSR count). The van der Waals surface area contributed by atoms with Crippen LogP contribution in [0.4, 0.5) is 0 Å². The van der Waals surface area contributed by atoms with E-state index in [4.69, 9.17) is 10.2 Å². The lowest BCUT2D eigenvalue weighted by Crippen LogP contribution is -2.04. The molecule has 0 spiro atoms. The summed E-state index contributed by atoms with van der Waals surface area (Å²) < 4.78 is 0. The van der Waals surface area contributed by atoms with Crippen LogP contribution in [0.1, 0.15) is 5.56 Å². The fourth-order valence-electron chi connectivity index (χ4n) is 0.606. The molecule has 0 aliphatic carbocycles. The van der Waals surface area contributed by atoms with E-state index < -0.39 is 5.56 Å². The van der Waals surface area contributed by atoms with Crippen LogP contribution in [0.5, 0.6) is 5.75 Å². The minimum Gasteiger partial charge on any atom is -0.503 e. The molecule has 0 aliphatic rings. The Balaban J connectivity index is 3.17. The van der Waals surface area contributed by atoms with Crippen molar-refractivity contribution in [3.05, 3.63) is 28.2 Å².